The molecule has 10 heteroatoms. The summed E-state index contributed by atoms with van der Waals surface area (Å²) in [4.78, 5) is 22.2. The van der Waals surface area contributed by atoms with Crippen molar-refractivity contribution in [2.24, 2.45) is 5.92 Å². The molecule has 1 aliphatic rings. The Morgan fingerprint density at radius 2 is 1.88 bits per heavy atom. The van der Waals surface area contributed by atoms with Crippen LogP contribution in [0.2, 0.25) is 0 Å². The molecule has 2 aromatic heterocycles. The van der Waals surface area contributed by atoms with Crippen molar-refractivity contribution in [2.75, 3.05) is 17.1 Å². The lowest BCUT2D eigenvalue weighted by Gasteiger charge is -2.19. The highest BCUT2D eigenvalue weighted by Gasteiger charge is 2.23. The number of aromatic nitrogens is 2. The van der Waals surface area contributed by atoms with Gasteiger partial charge in [-0.1, -0.05) is 42.7 Å². The molecule has 0 unspecified atom stereocenters. The average Bonchev–Trinajstić information content (AvgIpc) is 3.19. The molecule has 0 saturated heterocycles. The Hall–Kier alpha value is -2.98. The Labute approximate surface area is 203 Å². The second-order valence-electron chi connectivity index (χ2n) is 8.43. The van der Waals surface area contributed by atoms with Crippen LogP contribution in [0.25, 0.3) is 10.4 Å². The number of nitrogens with one attached hydrogen (secondary N) is 2. The topological polar surface area (TPSA) is 110 Å². The molecular weight excluding hydrogens is 472 g/mol. The summed E-state index contributed by atoms with van der Waals surface area (Å²) in [6, 6.07) is 8.47. The van der Waals surface area contributed by atoms with Crippen LogP contribution < -0.4 is 14.8 Å². The number of ether oxygens (including phenoxy) is 1. The maximum absolute atomic E-state index is 13.1. The number of pyridine rings is 1. The molecule has 2 N–H and O–H groups in total. The van der Waals surface area contributed by atoms with Gasteiger partial charge >= 0.3 is 0 Å². The molecular formula is C24H28N4O4S2. The van der Waals surface area contributed by atoms with Gasteiger partial charge in [0.05, 0.1) is 34.5 Å². The number of thiazole rings is 1. The summed E-state index contributed by atoms with van der Waals surface area (Å²) in [5, 5.41) is 3.50. The second-order valence-corrected chi connectivity index (χ2v) is 11.1. The van der Waals surface area contributed by atoms with Crippen LogP contribution in [0.15, 0.2) is 41.4 Å². The Morgan fingerprint density at radius 1 is 1.12 bits per heavy atom. The lowest BCUT2D eigenvalue weighted by Crippen LogP contribution is -2.24. The van der Waals surface area contributed by atoms with E-state index in [1.165, 1.54) is 31.1 Å². The van der Waals surface area contributed by atoms with Crippen molar-refractivity contribution in [1.29, 1.82) is 0 Å². The fourth-order valence-corrected chi connectivity index (χ4v) is 6.37. The smallest absolute Gasteiger partial charge is 0.262 e. The molecule has 1 aromatic carbocycles. The molecule has 34 heavy (non-hydrogen) atoms. The van der Waals surface area contributed by atoms with E-state index in [2.05, 4.69) is 20.0 Å². The van der Waals surface area contributed by atoms with Crippen molar-refractivity contribution < 1.29 is 17.9 Å². The predicted molar refractivity (Wildman–Crippen MR) is 134 cm³/mol. The fourth-order valence-electron chi connectivity index (χ4n) is 4.09. The van der Waals surface area contributed by atoms with Crippen LogP contribution in [0.1, 0.15) is 43.4 Å². The molecule has 0 spiro atoms. The number of nitrogens with zero attached hydrogens (tertiary/aromatic N) is 2. The molecule has 0 radical (unpaired) electrons. The van der Waals surface area contributed by atoms with Crippen LogP contribution in [0.3, 0.4) is 0 Å². The van der Waals surface area contributed by atoms with Crippen molar-refractivity contribution in [3.05, 3.63) is 47.8 Å². The minimum atomic E-state index is -3.85. The summed E-state index contributed by atoms with van der Waals surface area (Å²) >= 11 is 1.36. The summed E-state index contributed by atoms with van der Waals surface area (Å²) in [5.41, 5.74) is 2.42. The van der Waals surface area contributed by atoms with E-state index >= 15 is 0 Å². The molecule has 180 valence electrons. The molecule has 0 atom stereocenters. The van der Waals surface area contributed by atoms with E-state index in [4.69, 9.17) is 4.74 Å². The second kappa shape index (κ2) is 10.1. The highest BCUT2D eigenvalue weighted by Crippen LogP contribution is 2.35. The number of amides is 1. The van der Waals surface area contributed by atoms with Gasteiger partial charge in [-0.05, 0) is 49.9 Å². The van der Waals surface area contributed by atoms with Gasteiger partial charge in [-0.2, -0.15) is 0 Å². The summed E-state index contributed by atoms with van der Waals surface area (Å²) in [6.45, 7) is 3.61. The third-order valence-electron chi connectivity index (χ3n) is 5.94. The lowest BCUT2D eigenvalue weighted by atomic mass is 9.89. The van der Waals surface area contributed by atoms with Gasteiger partial charge in [0.25, 0.3) is 10.0 Å². The molecule has 1 fully saturated rings. The number of anilines is 2. The van der Waals surface area contributed by atoms with Crippen LogP contribution in [0.4, 0.5) is 10.8 Å². The molecule has 0 bridgehead atoms. The highest BCUT2D eigenvalue weighted by atomic mass is 32.2. The first-order valence-corrected chi connectivity index (χ1v) is 13.5. The summed E-state index contributed by atoms with van der Waals surface area (Å²) < 4.78 is 33.9. The van der Waals surface area contributed by atoms with Crippen molar-refractivity contribution >= 4 is 38.1 Å². The zero-order valence-corrected chi connectivity index (χ0v) is 21.1. The Balaban J connectivity index is 1.57. The normalized spacial score (nSPS) is 14.6. The van der Waals surface area contributed by atoms with Crippen LogP contribution in [0, 0.1) is 19.8 Å². The predicted octanol–water partition coefficient (Wildman–Crippen LogP) is 5.15. The van der Waals surface area contributed by atoms with Crippen LogP contribution >= 0.6 is 11.3 Å². The summed E-state index contributed by atoms with van der Waals surface area (Å²) in [6.07, 6.45) is 6.60. The number of sulfonamides is 1. The zero-order valence-electron chi connectivity index (χ0n) is 19.4. The van der Waals surface area contributed by atoms with Gasteiger partial charge in [0.1, 0.15) is 0 Å². The first kappa shape index (κ1) is 24.2. The minimum absolute atomic E-state index is 0.0180. The van der Waals surface area contributed by atoms with Crippen LogP contribution in [-0.4, -0.2) is 31.4 Å². The van der Waals surface area contributed by atoms with Crippen LogP contribution in [0.5, 0.6) is 5.88 Å². The maximum Gasteiger partial charge on any atom is 0.262 e. The number of aryl methyl sites for hydroxylation is 2. The van der Waals surface area contributed by atoms with E-state index in [9.17, 15) is 13.2 Å². The average molecular weight is 501 g/mol. The number of hydrogen-bond acceptors (Lipinski definition) is 7. The van der Waals surface area contributed by atoms with Crippen molar-refractivity contribution in [3.63, 3.8) is 0 Å². The third kappa shape index (κ3) is 5.39. The van der Waals surface area contributed by atoms with E-state index < -0.39 is 10.0 Å². The Bertz CT molecular complexity index is 1280. The first-order valence-electron chi connectivity index (χ1n) is 11.2. The van der Waals surface area contributed by atoms with Gasteiger partial charge < -0.3 is 10.1 Å². The monoisotopic (exact) mass is 500 g/mol. The van der Waals surface area contributed by atoms with E-state index in [-0.39, 0.29) is 16.7 Å². The number of carbonyl (C=O) groups excluding carboxylic acids is 1. The molecule has 4 rings (SSSR count). The third-order valence-corrected chi connectivity index (χ3v) is 8.59. The Kier molecular flexibility index (Phi) is 7.18. The van der Waals surface area contributed by atoms with Crippen molar-refractivity contribution in [2.45, 2.75) is 50.8 Å². The number of hydrogen-bond donors (Lipinski definition) is 2. The molecule has 8 nitrogen and oxygen atoms in total. The quantitative estimate of drug-likeness (QED) is 0.464. The van der Waals surface area contributed by atoms with Gasteiger partial charge in [0.2, 0.25) is 11.8 Å². The standard InChI is InChI=1S/C24H28N4O4S2/c1-15-9-10-18(13-20(15)34(30,31)28-19-11-12-21(32-3)25-14-19)22-16(2)26-24(33-22)27-23(29)17-7-5-4-6-8-17/h9-14,17,28H,4-8H2,1-3H3,(H,26,27,29). The largest absolute Gasteiger partial charge is 0.481 e. The maximum atomic E-state index is 13.1. The summed E-state index contributed by atoms with van der Waals surface area (Å²) in [5.74, 6) is 0.452. The van der Waals surface area contributed by atoms with Gasteiger partial charge in [-0.3, -0.25) is 9.52 Å². The fraction of sp³-hybridized carbons (Fsp3) is 0.375. The number of benzene rings is 1. The van der Waals surface area contributed by atoms with E-state index in [1.54, 1.807) is 31.2 Å². The first-order chi connectivity index (χ1) is 16.3. The molecule has 1 saturated carbocycles. The van der Waals surface area contributed by atoms with Crippen molar-refractivity contribution in [3.8, 4) is 16.3 Å². The van der Waals surface area contributed by atoms with E-state index in [1.807, 2.05) is 13.0 Å². The molecule has 1 amide bonds. The van der Waals surface area contributed by atoms with Crippen molar-refractivity contribution in [1.82, 2.24) is 9.97 Å². The Morgan fingerprint density at radius 3 is 2.56 bits per heavy atom. The number of carbonyl (C=O) groups is 1. The molecule has 1 aliphatic carbocycles. The van der Waals surface area contributed by atoms with E-state index in [0.29, 0.717) is 22.3 Å². The minimum Gasteiger partial charge on any atom is -0.481 e. The zero-order chi connectivity index (χ0) is 24.3. The molecule has 2 heterocycles. The SMILES string of the molecule is COc1ccc(NS(=O)(=O)c2cc(-c3sc(NC(=O)C4CCCCC4)nc3C)ccc2C)cn1. The lowest BCUT2D eigenvalue weighted by molar-refractivity contribution is -0.120. The number of rotatable bonds is 7. The number of methoxy groups -OCH3 is 1. The van der Waals surface area contributed by atoms with Crippen LogP contribution in [-0.2, 0) is 14.8 Å². The van der Waals surface area contributed by atoms with Gasteiger partial charge in [0, 0.05) is 12.0 Å². The van der Waals surface area contributed by atoms with Gasteiger partial charge in [0.15, 0.2) is 5.13 Å². The van der Waals surface area contributed by atoms with Gasteiger partial charge in [-0.25, -0.2) is 18.4 Å². The highest BCUT2D eigenvalue weighted by molar-refractivity contribution is 7.92. The summed E-state index contributed by atoms with van der Waals surface area (Å²) in [7, 11) is -2.35. The van der Waals surface area contributed by atoms with Gasteiger partial charge in [-0.15, -0.1) is 0 Å². The molecule has 0 aliphatic heterocycles. The molecule has 3 aromatic rings. The van der Waals surface area contributed by atoms with E-state index in [0.717, 1.165) is 41.8 Å².